The van der Waals surface area contributed by atoms with Gasteiger partial charge in [-0.3, -0.25) is 4.79 Å². The number of nitrogen functional groups attached to an aromatic ring is 1. The van der Waals surface area contributed by atoms with Crippen molar-refractivity contribution in [3.63, 3.8) is 0 Å². The average molecular weight is 495 g/mol. The second kappa shape index (κ2) is 8.51. The van der Waals surface area contributed by atoms with Crippen LogP contribution in [0.15, 0.2) is 60.2 Å². The Hall–Kier alpha value is -4.25. The smallest absolute Gasteiger partial charge is 0.382 e. The van der Waals surface area contributed by atoms with Crippen molar-refractivity contribution in [3.05, 3.63) is 76.9 Å². The first kappa shape index (κ1) is 22.5. The Morgan fingerprint density at radius 3 is 2.57 bits per heavy atom. The van der Waals surface area contributed by atoms with Gasteiger partial charge in [-0.1, -0.05) is 23.8 Å². The molecule has 0 bridgehead atoms. The summed E-state index contributed by atoms with van der Waals surface area (Å²) in [6, 6.07) is 12.1. The molecule has 0 spiro atoms. The minimum Gasteiger partial charge on any atom is -0.382 e. The fraction of sp³-hybridized carbons (Fsp3) is 0.0833. The SMILES string of the molecule is Cc1ccc2c(Nc3ccc(C(F)(F)F)cc3)nc(NC(=O)c3csc4c(N)ncnc34)cc2c1. The van der Waals surface area contributed by atoms with Crippen LogP contribution in [0.1, 0.15) is 21.5 Å². The third-order valence-corrected chi connectivity index (χ3v) is 6.32. The molecule has 0 aliphatic carbocycles. The molecule has 0 saturated carbocycles. The van der Waals surface area contributed by atoms with E-state index in [1.165, 1.54) is 29.8 Å². The summed E-state index contributed by atoms with van der Waals surface area (Å²) in [5.74, 6) is 0.527. The molecule has 0 unspecified atom stereocenters. The van der Waals surface area contributed by atoms with Crippen molar-refractivity contribution in [2.45, 2.75) is 13.1 Å². The average Bonchev–Trinajstić information content (AvgIpc) is 3.24. The van der Waals surface area contributed by atoms with Gasteiger partial charge < -0.3 is 16.4 Å². The molecular formula is C24H17F3N6OS. The summed E-state index contributed by atoms with van der Waals surface area (Å²) in [4.78, 5) is 25.7. The maximum atomic E-state index is 13.0. The van der Waals surface area contributed by atoms with E-state index in [4.69, 9.17) is 5.73 Å². The van der Waals surface area contributed by atoms with E-state index in [1.807, 2.05) is 25.1 Å². The first-order valence-corrected chi connectivity index (χ1v) is 11.2. The zero-order chi connectivity index (χ0) is 24.7. The van der Waals surface area contributed by atoms with Gasteiger partial charge in [0.2, 0.25) is 0 Å². The van der Waals surface area contributed by atoms with Crippen LogP contribution in [0.25, 0.3) is 21.0 Å². The molecule has 176 valence electrons. The Balaban J connectivity index is 1.50. The molecule has 1 amide bonds. The number of thiophene rings is 1. The monoisotopic (exact) mass is 494 g/mol. The molecule has 7 nitrogen and oxygen atoms in total. The summed E-state index contributed by atoms with van der Waals surface area (Å²) in [7, 11) is 0. The van der Waals surface area contributed by atoms with Crippen molar-refractivity contribution >= 4 is 61.4 Å². The Labute approximate surface area is 200 Å². The number of benzene rings is 2. The van der Waals surface area contributed by atoms with Crippen LogP contribution in [0.2, 0.25) is 0 Å². The van der Waals surface area contributed by atoms with Gasteiger partial charge >= 0.3 is 6.18 Å². The fourth-order valence-corrected chi connectivity index (χ4v) is 4.53. The highest BCUT2D eigenvalue weighted by Crippen LogP contribution is 2.33. The van der Waals surface area contributed by atoms with E-state index in [2.05, 4.69) is 25.6 Å². The van der Waals surface area contributed by atoms with Crippen molar-refractivity contribution in [2.24, 2.45) is 0 Å². The van der Waals surface area contributed by atoms with Crippen LogP contribution in [-0.4, -0.2) is 20.9 Å². The van der Waals surface area contributed by atoms with Crippen LogP contribution in [0, 0.1) is 6.92 Å². The number of pyridine rings is 1. The van der Waals surface area contributed by atoms with Gasteiger partial charge in [0.15, 0.2) is 0 Å². The summed E-state index contributed by atoms with van der Waals surface area (Å²) in [6.07, 6.45) is -3.13. The summed E-state index contributed by atoms with van der Waals surface area (Å²) >= 11 is 1.27. The molecule has 35 heavy (non-hydrogen) atoms. The van der Waals surface area contributed by atoms with Gasteiger partial charge in [-0.05, 0) is 42.6 Å². The molecule has 0 saturated heterocycles. The molecule has 0 aliphatic rings. The second-order valence-electron chi connectivity index (χ2n) is 7.82. The van der Waals surface area contributed by atoms with Gasteiger partial charge in [-0.25, -0.2) is 15.0 Å². The molecular weight excluding hydrogens is 477 g/mol. The number of halogens is 3. The fourth-order valence-electron chi connectivity index (χ4n) is 3.63. The molecule has 11 heteroatoms. The zero-order valence-electron chi connectivity index (χ0n) is 18.1. The zero-order valence-corrected chi connectivity index (χ0v) is 19.0. The number of amides is 1. The van der Waals surface area contributed by atoms with Crippen molar-refractivity contribution in [2.75, 3.05) is 16.4 Å². The van der Waals surface area contributed by atoms with E-state index < -0.39 is 17.6 Å². The number of aromatic nitrogens is 3. The van der Waals surface area contributed by atoms with E-state index in [9.17, 15) is 18.0 Å². The van der Waals surface area contributed by atoms with Crippen LogP contribution < -0.4 is 16.4 Å². The van der Waals surface area contributed by atoms with E-state index >= 15 is 0 Å². The largest absolute Gasteiger partial charge is 0.416 e. The van der Waals surface area contributed by atoms with E-state index in [1.54, 1.807) is 11.4 Å². The molecule has 0 radical (unpaired) electrons. The van der Waals surface area contributed by atoms with Crippen molar-refractivity contribution in [1.29, 1.82) is 0 Å². The number of hydrogen-bond donors (Lipinski definition) is 3. The lowest BCUT2D eigenvalue weighted by Gasteiger charge is -2.13. The van der Waals surface area contributed by atoms with Crippen molar-refractivity contribution in [1.82, 2.24) is 15.0 Å². The number of nitrogens with one attached hydrogen (secondary N) is 2. The summed E-state index contributed by atoms with van der Waals surface area (Å²) in [5, 5.41) is 9.05. The van der Waals surface area contributed by atoms with E-state index in [-0.39, 0.29) is 5.82 Å². The summed E-state index contributed by atoms with van der Waals surface area (Å²) < 4.78 is 39.4. The molecule has 0 aliphatic heterocycles. The number of alkyl halides is 3. The number of nitrogens with zero attached hydrogens (tertiary/aromatic N) is 3. The molecule has 3 aromatic heterocycles. The van der Waals surface area contributed by atoms with Crippen LogP contribution in [0.5, 0.6) is 0 Å². The number of rotatable bonds is 4. The van der Waals surface area contributed by atoms with Crippen LogP contribution in [0.3, 0.4) is 0 Å². The lowest BCUT2D eigenvalue weighted by molar-refractivity contribution is -0.137. The molecule has 0 fully saturated rings. The minimum atomic E-state index is -4.42. The van der Waals surface area contributed by atoms with Gasteiger partial charge in [0.1, 0.15) is 23.8 Å². The van der Waals surface area contributed by atoms with Gasteiger partial charge in [0.25, 0.3) is 5.91 Å². The maximum Gasteiger partial charge on any atom is 0.416 e. The lowest BCUT2D eigenvalue weighted by Crippen LogP contribution is -2.13. The van der Waals surface area contributed by atoms with Gasteiger partial charge in [0.05, 0.1) is 21.3 Å². The Morgan fingerprint density at radius 2 is 1.83 bits per heavy atom. The van der Waals surface area contributed by atoms with Gasteiger partial charge in [-0.2, -0.15) is 13.2 Å². The Bertz CT molecular complexity index is 1580. The predicted molar refractivity (Wildman–Crippen MR) is 131 cm³/mol. The lowest BCUT2D eigenvalue weighted by atomic mass is 10.1. The molecule has 4 N–H and O–H groups in total. The quantitative estimate of drug-likeness (QED) is 0.277. The normalized spacial score (nSPS) is 11.7. The number of nitrogens with two attached hydrogens (primary N) is 1. The van der Waals surface area contributed by atoms with Gasteiger partial charge in [-0.15, -0.1) is 11.3 Å². The number of carbonyl (C=O) groups is 1. The van der Waals surface area contributed by atoms with Crippen molar-refractivity contribution in [3.8, 4) is 0 Å². The van der Waals surface area contributed by atoms with Crippen molar-refractivity contribution < 1.29 is 18.0 Å². The van der Waals surface area contributed by atoms with Crippen LogP contribution >= 0.6 is 11.3 Å². The first-order valence-electron chi connectivity index (χ1n) is 10.3. The number of anilines is 4. The molecule has 0 atom stereocenters. The minimum absolute atomic E-state index is 0.267. The van der Waals surface area contributed by atoms with E-state index in [0.717, 1.165) is 28.5 Å². The molecule has 5 rings (SSSR count). The first-order chi connectivity index (χ1) is 16.7. The number of aryl methyl sites for hydroxylation is 1. The molecule has 5 aromatic rings. The highest BCUT2D eigenvalue weighted by atomic mass is 32.1. The number of carbonyl (C=O) groups excluding carboxylic acids is 1. The standard InChI is InChI=1S/C24H17F3N6OS/c1-12-2-7-16-13(8-12)9-18(32-22(16)31-15-5-3-14(4-6-15)24(25,26)27)33-23(34)17-10-35-20-19(17)29-11-30-21(20)28/h2-11H,1H3,(H2,28,29,30)(H2,31,32,33,34). The van der Waals surface area contributed by atoms with Crippen LogP contribution in [0.4, 0.5) is 36.3 Å². The second-order valence-corrected chi connectivity index (χ2v) is 8.70. The summed E-state index contributed by atoms with van der Waals surface area (Å²) in [6.45, 7) is 1.93. The van der Waals surface area contributed by atoms with Crippen LogP contribution in [-0.2, 0) is 6.18 Å². The molecule has 3 heterocycles. The highest BCUT2D eigenvalue weighted by molar-refractivity contribution is 7.18. The Kier molecular flexibility index (Phi) is 5.48. The Morgan fingerprint density at radius 1 is 1.06 bits per heavy atom. The third-order valence-electron chi connectivity index (χ3n) is 5.33. The van der Waals surface area contributed by atoms with Gasteiger partial charge in [0, 0.05) is 16.5 Å². The predicted octanol–water partition coefficient (Wildman–Crippen LogP) is 6.14. The number of hydrogen-bond acceptors (Lipinski definition) is 7. The maximum absolute atomic E-state index is 13.0. The highest BCUT2D eigenvalue weighted by Gasteiger charge is 2.30. The number of fused-ring (bicyclic) bond motifs is 2. The van der Waals surface area contributed by atoms with E-state index in [0.29, 0.717) is 33.1 Å². The molecule has 2 aromatic carbocycles. The summed E-state index contributed by atoms with van der Waals surface area (Å²) in [5.41, 5.74) is 7.32. The third kappa shape index (κ3) is 4.45. The topological polar surface area (TPSA) is 106 Å².